The molecule has 4 fully saturated rings. The van der Waals surface area contributed by atoms with Crippen molar-refractivity contribution in [3.05, 3.63) is 22.0 Å². The van der Waals surface area contributed by atoms with E-state index in [9.17, 15) is 0 Å². The number of allylic oxidation sites excluding steroid dienone is 4. The van der Waals surface area contributed by atoms with Crippen LogP contribution in [0, 0.1) is 52.8 Å². The van der Waals surface area contributed by atoms with Crippen LogP contribution in [-0.4, -0.2) is 18.6 Å². The van der Waals surface area contributed by atoms with E-state index in [-0.39, 0.29) is 0 Å². The molecule has 0 N–H and O–H groups in total. The summed E-state index contributed by atoms with van der Waals surface area (Å²) in [5, 5.41) is 1.77. The molecule has 6 aliphatic rings. The highest BCUT2D eigenvalue weighted by molar-refractivity contribution is 8.05. The van der Waals surface area contributed by atoms with Gasteiger partial charge in [-0.1, -0.05) is 65.8 Å². The van der Waals surface area contributed by atoms with E-state index < -0.39 is 8.07 Å². The molecule has 0 bridgehead atoms. The minimum absolute atomic E-state index is 0.511. The zero-order valence-corrected chi connectivity index (χ0v) is 27.2. The summed E-state index contributed by atoms with van der Waals surface area (Å²) in [6.45, 7) is 20.8. The zero-order chi connectivity index (χ0) is 25.6. The lowest BCUT2D eigenvalue weighted by Crippen LogP contribution is -2.48. The number of thioether (sulfide) groups is 2. The first-order valence-electron chi connectivity index (χ1n) is 15.7. The van der Waals surface area contributed by atoms with E-state index in [2.05, 4.69) is 90.3 Å². The quantitative estimate of drug-likeness (QED) is 0.325. The van der Waals surface area contributed by atoms with Crippen LogP contribution in [0.1, 0.15) is 92.9 Å². The average molecular weight is 543 g/mol. The Labute approximate surface area is 233 Å². The second-order valence-electron chi connectivity index (χ2n) is 15.9. The number of fused-ring (bicyclic) bond motifs is 4. The lowest BCUT2D eigenvalue weighted by molar-refractivity contribution is 0.0638. The third kappa shape index (κ3) is 4.31. The van der Waals surface area contributed by atoms with Crippen LogP contribution < -0.4 is 0 Å². The first-order chi connectivity index (χ1) is 17.0. The molecule has 4 saturated carbocycles. The molecule has 0 aromatic carbocycles. The molecule has 0 aromatic rings. The van der Waals surface area contributed by atoms with Gasteiger partial charge in [0.2, 0.25) is 0 Å². The molecule has 2 aliphatic heterocycles. The van der Waals surface area contributed by atoms with Crippen molar-refractivity contribution < 1.29 is 0 Å². The predicted octanol–water partition coefficient (Wildman–Crippen LogP) is 10.6. The molecule has 0 spiro atoms. The summed E-state index contributed by atoms with van der Waals surface area (Å²) in [6.07, 6.45) is 17.7. The van der Waals surface area contributed by atoms with E-state index in [1.54, 1.807) is 29.1 Å². The van der Waals surface area contributed by atoms with E-state index in [0.29, 0.717) is 5.41 Å². The Morgan fingerprint density at radius 1 is 0.750 bits per heavy atom. The normalized spacial score (nSPS) is 48.9. The highest BCUT2D eigenvalue weighted by Crippen LogP contribution is 2.69. The second-order valence-corrected chi connectivity index (χ2v) is 23.7. The Bertz CT molecular complexity index is 871. The van der Waals surface area contributed by atoms with Crippen molar-refractivity contribution in [2.75, 3.05) is 0 Å². The van der Waals surface area contributed by atoms with Gasteiger partial charge in [0.15, 0.2) is 0 Å². The number of rotatable bonds is 3. The molecule has 0 saturated heterocycles. The summed E-state index contributed by atoms with van der Waals surface area (Å²) in [4.78, 5) is 3.25. The van der Waals surface area contributed by atoms with Gasteiger partial charge in [-0.2, -0.15) is 0 Å². The molecule has 36 heavy (non-hydrogen) atoms. The Morgan fingerprint density at radius 3 is 1.86 bits per heavy atom. The van der Waals surface area contributed by atoms with Crippen LogP contribution in [-0.2, 0) is 0 Å². The van der Waals surface area contributed by atoms with Gasteiger partial charge >= 0.3 is 0 Å². The molecule has 0 aromatic heterocycles. The number of hydrogen-bond donors (Lipinski definition) is 0. The molecular formula is C33H54S2Si. The molecule has 3 heteroatoms. The Balaban J connectivity index is 1.22. The minimum Gasteiger partial charge on any atom is -0.127 e. The smallest absolute Gasteiger partial charge is 0.0566 e. The van der Waals surface area contributed by atoms with Crippen LogP contribution in [0.25, 0.3) is 0 Å². The molecule has 9 unspecified atom stereocenters. The van der Waals surface area contributed by atoms with Crippen LogP contribution in [0.3, 0.4) is 0 Å². The zero-order valence-electron chi connectivity index (χ0n) is 24.6. The van der Waals surface area contributed by atoms with E-state index in [0.717, 1.165) is 68.9 Å². The van der Waals surface area contributed by atoms with Gasteiger partial charge < -0.3 is 0 Å². The summed E-state index contributed by atoms with van der Waals surface area (Å²) >= 11 is 4.59. The average Bonchev–Trinajstić information content (AvgIpc) is 3.51. The minimum atomic E-state index is -1.46. The van der Waals surface area contributed by atoms with Gasteiger partial charge in [0, 0.05) is 10.5 Å². The summed E-state index contributed by atoms with van der Waals surface area (Å²) in [7, 11) is -1.46. The molecule has 6 rings (SSSR count). The van der Waals surface area contributed by atoms with Gasteiger partial charge in [0.25, 0.3) is 0 Å². The standard InChI is InChI=1S/C33H54S2Si/c1-19-16-26-24(22-12-14-23(15-13-22)33(4,5)6)10-9-11-25(26)31(19)36(7,8)32-29-27(17-20(2)34-29)28-18-21(3)35-30(28)32/h17-19,22-32H,9-16H2,1-8H3/t19?,22?,23?,24?,25?,26?,27-,28?,29?,30?,31?,32?/m0/s1. The lowest BCUT2D eigenvalue weighted by atomic mass is 9.61. The predicted molar refractivity (Wildman–Crippen MR) is 165 cm³/mol. The Kier molecular flexibility index (Phi) is 7.02. The highest BCUT2D eigenvalue weighted by Gasteiger charge is 2.63. The van der Waals surface area contributed by atoms with Crippen molar-refractivity contribution >= 4 is 31.6 Å². The van der Waals surface area contributed by atoms with Gasteiger partial charge in [0.05, 0.1) is 8.07 Å². The largest absolute Gasteiger partial charge is 0.127 e. The topological polar surface area (TPSA) is 0 Å². The Hall–Kier alpha value is 0.397. The van der Waals surface area contributed by atoms with Gasteiger partial charge in [-0.05, 0) is 126 Å². The van der Waals surface area contributed by atoms with Crippen LogP contribution in [0.5, 0.6) is 0 Å². The number of hydrogen-bond acceptors (Lipinski definition) is 2. The third-order valence-electron chi connectivity index (χ3n) is 12.6. The molecule has 4 aliphatic carbocycles. The van der Waals surface area contributed by atoms with Gasteiger partial charge in [-0.3, -0.25) is 0 Å². The van der Waals surface area contributed by atoms with Crippen molar-refractivity contribution in [1.82, 2.24) is 0 Å². The van der Waals surface area contributed by atoms with Crippen LogP contribution in [0.4, 0.5) is 0 Å². The van der Waals surface area contributed by atoms with E-state index in [4.69, 9.17) is 0 Å². The molecule has 2 heterocycles. The summed E-state index contributed by atoms with van der Waals surface area (Å²) in [5.41, 5.74) is 2.55. The van der Waals surface area contributed by atoms with Crippen LogP contribution in [0.2, 0.25) is 24.2 Å². The fourth-order valence-electron chi connectivity index (χ4n) is 11.4. The molecule has 202 valence electrons. The van der Waals surface area contributed by atoms with Crippen molar-refractivity contribution in [3.63, 3.8) is 0 Å². The van der Waals surface area contributed by atoms with E-state index >= 15 is 0 Å². The first kappa shape index (κ1) is 26.6. The van der Waals surface area contributed by atoms with Gasteiger partial charge in [-0.15, -0.1) is 23.5 Å². The summed E-state index contributed by atoms with van der Waals surface area (Å²) < 4.78 is 0. The van der Waals surface area contributed by atoms with Crippen LogP contribution >= 0.6 is 23.5 Å². The lowest BCUT2D eigenvalue weighted by Gasteiger charge is -2.49. The van der Waals surface area contributed by atoms with Crippen molar-refractivity contribution in [2.45, 2.75) is 128 Å². The SMILES string of the molecule is CC1=CC2C(S1)C([Si](C)(C)C1C(C)CC3C(C4CCC(C(C)(C)C)CC4)CCCC31)C1SC(C)=C[C@@H]21. The van der Waals surface area contributed by atoms with Crippen molar-refractivity contribution in [1.29, 1.82) is 0 Å². The van der Waals surface area contributed by atoms with Gasteiger partial charge in [-0.25, -0.2) is 0 Å². The van der Waals surface area contributed by atoms with Crippen LogP contribution in [0.15, 0.2) is 22.0 Å². The summed E-state index contributed by atoms with van der Waals surface area (Å²) in [5.74, 6) is 7.78. The monoisotopic (exact) mass is 542 g/mol. The molecule has 0 radical (unpaired) electrons. The first-order valence-corrected chi connectivity index (χ1v) is 20.6. The fraction of sp³-hybridized carbons (Fsp3) is 0.879. The van der Waals surface area contributed by atoms with Crippen molar-refractivity contribution in [3.8, 4) is 0 Å². The maximum absolute atomic E-state index is 2.89. The fourth-order valence-corrected chi connectivity index (χ4v) is 22.5. The third-order valence-corrected chi connectivity index (χ3v) is 21.0. The molecule has 0 amide bonds. The van der Waals surface area contributed by atoms with Gasteiger partial charge in [0.1, 0.15) is 0 Å². The van der Waals surface area contributed by atoms with E-state index in [1.165, 1.54) is 32.1 Å². The second kappa shape index (κ2) is 9.50. The highest BCUT2D eigenvalue weighted by atomic mass is 32.2. The Morgan fingerprint density at radius 2 is 1.31 bits per heavy atom. The summed E-state index contributed by atoms with van der Waals surface area (Å²) in [6, 6.07) is 0. The maximum Gasteiger partial charge on any atom is 0.0566 e. The maximum atomic E-state index is 2.89. The molecule has 0 nitrogen and oxygen atoms in total. The van der Waals surface area contributed by atoms with Crippen molar-refractivity contribution in [2.24, 2.45) is 52.8 Å². The molecular weight excluding hydrogens is 489 g/mol. The molecule has 10 atom stereocenters. The van der Waals surface area contributed by atoms with E-state index in [1.807, 2.05) is 0 Å².